The Morgan fingerprint density at radius 1 is 0.872 bits per heavy atom. The third-order valence-corrected chi connectivity index (χ3v) is 10.1. The highest BCUT2D eigenvalue weighted by Crippen LogP contribution is 2.35. The van der Waals surface area contributed by atoms with E-state index in [0.29, 0.717) is 17.0 Å². The number of amides is 2. The zero-order valence-electron chi connectivity index (χ0n) is 26.8. The van der Waals surface area contributed by atoms with Gasteiger partial charge in [-0.05, 0) is 73.9 Å². The molecule has 0 unspecified atom stereocenters. The van der Waals surface area contributed by atoms with Gasteiger partial charge < -0.3 is 15.0 Å². The molecule has 4 aromatic carbocycles. The number of aryl methyl sites for hydroxylation is 1. The van der Waals surface area contributed by atoms with Crippen molar-refractivity contribution in [3.05, 3.63) is 124 Å². The largest absolute Gasteiger partial charge is 0.495 e. The first-order valence-electron chi connectivity index (χ1n) is 15.2. The van der Waals surface area contributed by atoms with Gasteiger partial charge in [0.25, 0.3) is 10.0 Å². The van der Waals surface area contributed by atoms with Crippen molar-refractivity contribution in [3.63, 3.8) is 0 Å². The van der Waals surface area contributed by atoms with Crippen LogP contribution in [0.25, 0.3) is 0 Å². The lowest BCUT2D eigenvalue weighted by molar-refractivity contribution is -0.140. The van der Waals surface area contributed by atoms with Gasteiger partial charge in [0.05, 0.1) is 17.7 Å². The average Bonchev–Trinajstić information content (AvgIpc) is 3.06. The molecule has 2 amide bonds. The molecule has 0 saturated carbocycles. The molecule has 0 bridgehead atoms. The zero-order valence-corrected chi connectivity index (χ0v) is 29.1. The number of carbonyl (C=O) groups excluding carboxylic acids is 2. The van der Waals surface area contributed by atoms with Crippen LogP contribution in [0.3, 0.4) is 0 Å². The van der Waals surface area contributed by atoms with Gasteiger partial charge in [0.2, 0.25) is 11.8 Å². The first-order valence-corrected chi connectivity index (χ1v) is 17.4. The van der Waals surface area contributed by atoms with Crippen LogP contribution >= 0.6 is 23.2 Å². The normalized spacial score (nSPS) is 12.6. The van der Waals surface area contributed by atoms with Crippen LogP contribution in [-0.4, -0.2) is 50.9 Å². The van der Waals surface area contributed by atoms with Gasteiger partial charge in [-0.25, -0.2) is 8.42 Å². The molecule has 0 aliphatic rings. The highest BCUT2D eigenvalue weighted by Gasteiger charge is 2.36. The second-order valence-electron chi connectivity index (χ2n) is 11.3. The van der Waals surface area contributed by atoms with Crippen molar-refractivity contribution in [1.82, 2.24) is 10.2 Å². The standard InChI is InChI=1S/C36H39Cl2N3O5S/c1-5-26(3)39-36(43)33(21-27-9-7-6-8-10-27)40(23-28-13-15-29(37)16-14-28)35(42)24-41(32-22-30(38)17-20-34(32)46-4)47(44,45)31-18-11-25(2)12-19-31/h6-20,22,26,33H,5,21,23-24H2,1-4H3,(H,39,43)/t26-,33-/m0/s1. The fourth-order valence-corrected chi connectivity index (χ4v) is 6.70. The van der Waals surface area contributed by atoms with E-state index in [1.165, 1.54) is 30.2 Å². The molecule has 0 heterocycles. The van der Waals surface area contributed by atoms with Gasteiger partial charge >= 0.3 is 0 Å². The summed E-state index contributed by atoms with van der Waals surface area (Å²) in [6.45, 7) is 5.09. The fraction of sp³-hybridized carbons (Fsp3) is 0.278. The molecule has 4 rings (SSSR count). The summed E-state index contributed by atoms with van der Waals surface area (Å²) in [6.07, 6.45) is 0.889. The molecule has 0 aliphatic carbocycles. The topological polar surface area (TPSA) is 96.0 Å². The molecular weight excluding hydrogens is 657 g/mol. The summed E-state index contributed by atoms with van der Waals surface area (Å²) in [5.41, 5.74) is 2.51. The molecule has 0 aromatic heterocycles. The molecule has 47 heavy (non-hydrogen) atoms. The van der Waals surface area contributed by atoms with Crippen LogP contribution in [0.1, 0.15) is 37.0 Å². The Kier molecular flexibility index (Phi) is 12.3. The molecule has 248 valence electrons. The summed E-state index contributed by atoms with van der Waals surface area (Å²) in [4.78, 5) is 30.0. The van der Waals surface area contributed by atoms with E-state index in [1.54, 1.807) is 48.5 Å². The Bertz CT molecular complexity index is 1770. The number of nitrogens with zero attached hydrogens (tertiary/aromatic N) is 2. The average molecular weight is 697 g/mol. The minimum Gasteiger partial charge on any atom is -0.495 e. The molecule has 11 heteroatoms. The lowest BCUT2D eigenvalue weighted by atomic mass is 10.0. The summed E-state index contributed by atoms with van der Waals surface area (Å²) in [5.74, 6) is -0.742. The summed E-state index contributed by atoms with van der Waals surface area (Å²) in [5, 5.41) is 3.80. The predicted octanol–water partition coefficient (Wildman–Crippen LogP) is 7.06. The number of ether oxygens (including phenoxy) is 1. The van der Waals surface area contributed by atoms with Crippen molar-refractivity contribution in [1.29, 1.82) is 0 Å². The minimum atomic E-state index is -4.33. The monoisotopic (exact) mass is 695 g/mol. The van der Waals surface area contributed by atoms with Gasteiger partial charge in [0.1, 0.15) is 18.3 Å². The summed E-state index contributed by atoms with van der Waals surface area (Å²) < 4.78 is 35.2. The van der Waals surface area contributed by atoms with Gasteiger partial charge in [0, 0.05) is 29.1 Å². The Morgan fingerprint density at radius 2 is 1.51 bits per heavy atom. The van der Waals surface area contributed by atoms with Crippen molar-refractivity contribution in [2.24, 2.45) is 0 Å². The maximum atomic E-state index is 14.6. The molecule has 0 spiro atoms. The van der Waals surface area contributed by atoms with E-state index < -0.39 is 28.5 Å². The second kappa shape index (κ2) is 16.2. The minimum absolute atomic E-state index is 0.0162. The van der Waals surface area contributed by atoms with Crippen LogP contribution in [-0.2, 0) is 32.6 Å². The molecule has 0 aliphatic heterocycles. The number of methoxy groups -OCH3 is 1. The number of benzene rings is 4. The Balaban J connectivity index is 1.85. The lowest BCUT2D eigenvalue weighted by Crippen LogP contribution is -2.54. The summed E-state index contributed by atoms with van der Waals surface area (Å²) >= 11 is 12.5. The van der Waals surface area contributed by atoms with Crippen molar-refractivity contribution in [2.75, 3.05) is 18.0 Å². The molecule has 4 aromatic rings. The quantitative estimate of drug-likeness (QED) is 0.152. The highest BCUT2D eigenvalue weighted by atomic mass is 35.5. The maximum absolute atomic E-state index is 14.6. The summed E-state index contributed by atoms with van der Waals surface area (Å²) in [6, 6.07) is 26.1. The fourth-order valence-electron chi connectivity index (χ4n) is 4.99. The van der Waals surface area contributed by atoms with Gasteiger partial charge in [-0.3, -0.25) is 13.9 Å². The first kappa shape index (κ1) is 35.8. The van der Waals surface area contributed by atoms with E-state index in [1.807, 2.05) is 51.1 Å². The third-order valence-electron chi connectivity index (χ3n) is 7.84. The van der Waals surface area contributed by atoms with Crippen molar-refractivity contribution >= 4 is 50.7 Å². The van der Waals surface area contributed by atoms with Gasteiger partial charge in [-0.15, -0.1) is 0 Å². The Morgan fingerprint density at radius 3 is 2.13 bits per heavy atom. The number of rotatable bonds is 14. The number of nitrogens with one attached hydrogen (secondary N) is 1. The molecule has 0 saturated heterocycles. The van der Waals surface area contributed by atoms with E-state index >= 15 is 0 Å². The lowest BCUT2D eigenvalue weighted by Gasteiger charge is -2.34. The molecule has 0 radical (unpaired) electrons. The molecular formula is C36H39Cl2N3O5S. The molecule has 0 fully saturated rings. The SMILES string of the molecule is CC[C@H](C)NC(=O)[C@H](Cc1ccccc1)N(Cc1ccc(Cl)cc1)C(=O)CN(c1cc(Cl)ccc1OC)S(=O)(=O)c1ccc(C)cc1. The van der Waals surface area contributed by atoms with Crippen LogP contribution in [0.2, 0.25) is 10.0 Å². The van der Waals surface area contributed by atoms with E-state index in [9.17, 15) is 18.0 Å². The maximum Gasteiger partial charge on any atom is 0.264 e. The predicted molar refractivity (Wildman–Crippen MR) is 188 cm³/mol. The molecule has 8 nitrogen and oxygen atoms in total. The van der Waals surface area contributed by atoms with Gasteiger partial charge in [0.15, 0.2) is 0 Å². The van der Waals surface area contributed by atoms with Crippen LogP contribution < -0.4 is 14.4 Å². The van der Waals surface area contributed by atoms with Gasteiger partial charge in [-0.2, -0.15) is 0 Å². The highest BCUT2D eigenvalue weighted by molar-refractivity contribution is 7.92. The van der Waals surface area contributed by atoms with Gasteiger partial charge in [-0.1, -0.05) is 90.3 Å². The Hall–Kier alpha value is -4.05. The van der Waals surface area contributed by atoms with Crippen LogP contribution in [0, 0.1) is 6.92 Å². The van der Waals surface area contributed by atoms with Crippen LogP contribution in [0.15, 0.2) is 102 Å². The Labute approximate surface area is 287 Å². The number of anilines is 1. The van der Waals surface area contributed by atoms with Crippen molar-refractivity contribution in [3.8, 4) is 5.75 Å². The van der Waals surface area contributed by atoms with Crippen molar-refractivity contribution < 1.29 is 22.7 Å². The van der Waals surface area contributed by atoms with E-state index in [-0.39, 0.29) is 46.3 Å². The molecule has 2 atom stereocenters. The van der Waals surface area contributed by atoms with Crippen LogP contribution in [0.5, 0.6) is 5.75 Å². The summed E-state index contributed by atoms with van der Waals surface area (Å²) in [7, 11) is -2.92. The number of hydrogen-bond donors (Lipinski definition) is 1. The van der Waals surface area contributed by atoms with E-state index in [2.05, 4.69) is 5.32 Å². The number of hydrogen-bond acceptors (Lipinski definition) is 5. The second-order valence-corrected chi connectivity index (χ2v) is 14.0. The number of carbonyl (C=O) groups is 2. The van der Waals surface area contributed by atoms with E-state index in [0.717, 1.165) is 15.4 Å². The van der Waals surface area contributed by atoms with E-state index in [4.69, 9.17) is 27.9 Å². The zero-order chi connectivity index (χ0) is 34.1. The number of sulfonamides is 1. The van der Waals surface area contributed by atoms with Crippen molar-refractivity contribution in [2.45, 2.75) is 57.1 Å². The molecule has 1 N–H and O–H groups in total. The van der Waals surface area contributed by atoms with Crippen LogP contribution in [0.4, 0.5) is 5.69 Å². The third kappa shape index (κ3) is 9.28. The first-order chi connectivity index (χ1) is 22.4. The number of halogens is 2. The smallest absolute Gasteiger partial charge is 0.264 e.